The summed E-state index contributed by atoms with van der Waals surface area (Å²) in [6.07, 6.45) is 1.50. The van der Waals surface area contributed by atoms with E-state index in [1.54, 1.807) is 13.8 Å². The summed E-state index contributed by atoms with van der Waals surface area (Å²) in [7, 11) is 5.97. The zero-order chi connectivity index (χ0) is 23.4. The van der Waals surface area contributed by atoms with Crippen LogP contribution in [0.25, 0.3) is 0 Å². The number of hydrogen-bond donors (Lipinski definition) is 2. The molecule has 0 fully saturated rings. The average molecular weight is 439 g/mol. The summed E-state index contributed by atoms with van der Waals surface area (Å²) >= 11 is 0. The maximum absolute atomic E-state index is 13.8. The third-order valence-corrected chi connectivity index (χ3v) is 4.66. The number of pyridine rings is 1. The highest BCUT2D eigenvalue weighted by molar-refractivity contribution is 6.33. The van der Waals surface area contributed by atoms with Crippen LogP contribution in [-0.2, 0) is 17.9 Å². The number of hydrogen-bond acceptors (Lipinski definition) is 6. The van der Waals surface area contributed by atoms with E-state index in [9.17, 15) is 18.4 Å². The van der Waals surface area contributed by atoms with Gasteiger partial charge in [0.05, 0.1) is 13.1 Å². The average Bonchev–Trinajstić information content (AvgIpc) is 2.75. The molecule has 164 valence electrons. The maximum Gasteiger partial charge on any atom is 0.247 e. The normalized spacial score (nSPS) is 10.8. The molecular weight excluding hydrogens is 419 g/mol. The molecule has 0 spiro atoms. The minimum Gasteiger partial charge on any atom is -0.489 e. The van der Waals surface area contributed by atoms with Gasteiger partial charge in [0.2, 0.25) is 11.5 Å². The van der Waals surface area contributed by atoms with Crippen LogP contribution in [0.3, 0.4) is 0 Å². The summed E-state index contributed by atoms with van der Waals surface area (Å²) in [4.78, 5) is 32.9. The monoisotopic (exact) mass is 439 g/mol. The van der Waals surface area contributed by atoms with Crippen molar-refractivity contribution in [1.29, 1.82) is 0 Å². The molecule has 11 heteroatoms. The van der Waals surface area contributed by atoms with Crippen LogP contribution in [0.1, 0.15) is 22.6 Å². The Balaban J connectivity index is 1.88. The number of carbonyl (C=O) groups excluding carboxylic acids is 1. The number of anilines is 1. The number of carbonyl (C=O) groups is 1. The SMILES string of the molecule is [B]c1c(OCc2ccc(F)cc2F)cc(C)n(Cc2cnc(C)nc2NC(=O)CN)c1=O. The molecule has 3 aromatic rings. The van der Waals surface area contributed by atoms with Crippen LogP contribution in [0.15, 0.2) is 35.3 Å². The summed E-state index contributed by atoms with van der Waals surface area (Å²) < 4.78 is 33.8. The van der Waals surface area contributed by atoms with Crippen LogP contribution in [0.5, 0.6) is 5.75 Å². The maximum atomic E-state index is 13.8. The number of aryl methyl sites for hydroxylation is 2. The zero-order valence-corrected chi connectivity index (χ0v) is 17.5. The van der Waals surface area contributed by atoms with Gasteiger partial charge in [-0.05, 0) is 32.0 Å². The molecule has 0 unspecified atom stereocenters. The molecule has 32 heavy (non-hydrogen) atoms. The lowest BCUT2D eigenvalue weighted by atomic mass is 9.96. The standard InChI is InChI=1S/C21H20BF2N5O3/c1-11-5-17(32-10-13-3-4-15(23)6-16(13)24)19(22)21(31)29(11)9-14-8-26-12(2)27-20(14)28-18(30)7-25/h3-6,8H,7,9-10,25H2,1-2H3,(H,26,27,28,30). The Kier molecular flexibility index (Phi) is 6.99. The first-order valence-corrected chi connectivity index (χ1v) is 9.58. The highest BCUT2D eigenvalue weighted by Crippen LogP contribution is 2.17. The van der Waals surface area contributed by atoms with Crippen molar-refractivity contribution in [3.8, 4) is 5.75 Å². The quantitative estimate of drug-likeness (QED) is 0.528. The molecule has 0 saturated carbocycles. The van der Waals surface area contributed by atoms with Gasteiger partial charge in [0.1, 0.15) is 43.5 Å². The lowest BCUT2D eigenvalue weighted by Gasteiger charge is -2.17. The molecule has 1 amide bonds. The van der Waals surface area contributed by atoms with Crippen molar-refractivity contribution in [2.75, 3.05) is 11.9 Å². The molecule has 2 heterocycles. The Morgan fingerprint density at radius 3 is 2.69 bits per heavy atom. The van der Waals surface area contributed by atoms with Gasteiger partial charge >= 0.3 is 0 Å². The summed E-state index contributed by atoms with van der Waals surface area (Å²) in [5.41, 5.74) is 5.71. The van der Waals surface area contributed by atoms with E-state index in [0.29, 0.717) is 17.1 Å². The van der Waals surface area contributed by atoms with Gasteiger partial charge < -0.3 is 20.4 Å². The molecule has 0 aliphatic heterocycles. The highest BCUT2D eigenvalue weighted by atomic mass is 19.1. The molecule has 0 bridgehead atoms. The molecule has 1 aromatic carbocycles. The Labute approximate surface area is 183 Å². The van der Waals surface area contributed by atoms with Gasteiger partial charge in [0.15, 0.2) is 0 Å². The molecular formula is C21H20BF2N5O3. The van der Waals surface area contributed by atoms with Crippen molar-refractivity contribution in [1.82, 2.24) is 14.5 Å². The van der Waals surface area contributed by atoms with Gasteiger partial charge in [-0.15, -0.1) is 0 Å². The van der Waals surface area contributed by atoms with E-state index in [2.05, 4.69) is 15.3 Å². The Morgan fingerprint density at radius 1 is 1.25 bits per heavy atom. The van der Waals surface area contributed by atoms with Gasteiger partial charge in [-0.3, -0.25) is 9.59 Å². The molecule has 0 aliphatic rings. The van der Waals surface area contributed by atoms with E-state index in [1.165, 1.54) is 22.9 Å². The minimum absolute atomic E-state index is 0.0300. The largest absolute Gasteiger partial charge is 0.489 e. The lowest BCUT2D eigenvalue weighted by Crippen LogP contribution is -2.37. The molecule has 2 radical (unpaired) electrons. The van der Waals surface area contributed by atoms with Gasteiger partial charge in [0.25, 0.3) is 0 Å². The van der Waals surface area contributed by atoms with Crippen LogP contribution in [0.2, 0.25) is 0 Å². The Bertz CT molecular complexity index is 1230. The van der Waals surface area contributed by atoms with Crippen molar-refractivity contribution >= 4 is 25.0 Å². The van der Waals surface area contributed by atoms with Crippen LogP contribution in [0.4, 0.5) is 14.6 Å². The van der Waals surface area contributed by atoms with Crippen molar-refractivity contribution in [2.24, 2.45) is 5.73 Å². The molecule has 0 saturated heterocycles. The predicted molar refractivity (Wildman–Crippen MR) is 115 cm³/mol. The number of benzene rings is 1. The highest BCUT2D eigenvalue weighted by Gasteiger charge is 2.15. The summed E-state index contributed by atoms with van der Waals surface area (Å²) in [5, 5.41) is 2.59. The van der Waals surface area contributed by atoms with Crippen LogP contribution in [-0.4, -0.2) is 34.8 Å². The van der Waals surface area contributed by atoms with Crippen molar-refractivity contribution in [3.05, 3.63) is 75.1 Å². The number of ether oxygens (including phenoxy) is 1. The molecule has 0 atom stereocenters. The van der Waals surface area contributed by atoms with E-state index in [1.807, 2.05) is 0 Å². The fourth-order valence-corrected chi connectivity index (χ4v) is 2.94. The van der Waals surface area contributed by atoms with Gasteiger partial charge in [-0.2, -0.15) is 0 Å². The number of nitrogens with one attached hydrogen (secondary N) is 1. The van der Waals surface area contributed by atoms with Crippen molar-refractivity contribution < 1.29 is 18.3 Å². The number of halogens is 2. The first kappa shape index (κ1) is 23.1. The number of amides is 1. The van der Waals surface area contributed by atoms with Gasteiger partial charge in [0, 0.05) is 34.5 Å². The third kappa shape index (κ3) is 5.17. The third-order valence-electron chi connectivity index (χ3n) is 4.66. The smallest absolute Gasteiger partial charge is 0.247 e. The molecule has 2 aromatic heterocycles. The fraction of sp³-hybridized carbons (Fsp3) is 0.238. The lowest BCUT2D eigenvalue weighted by molar-refractivity contribution is -0.114. The van der Waals surface area contributed by atoms with Crippen LogP contribution in [0, 0.1) is 25.5 Å². The predicted octanol–water partition coefficient (Wildman–Crippen LogP) is 0.852. The Hall–Kier alpha value is -3.60. The number of rotatable bonds is 7. The molecule has 8 nitrogen and oxygen atoms in total. The zero-order valence-electron chi connectivity index (χ0n) is 17.5. The molecule has 3 rings (SSSR count). The topological polar surface area (TPSA) is 112 Å². The number of aromatic nitrogens is 3. The molecule has 0 aliphatic carbocycles. The second-order valence-electron chi connectivity index (χ2n) is 7.02. The van der Waals surface area contributed by atoms with E-state index in [4.69, 9.17) is 18.3 Å². The summed E-state index contributed by atoms with van der Waals surface area (Å²) in [5.74, 6) is -1.16. The van der Waals surface area contributed by atoms with Gasteiger partial charge in [-0.1, -0.05) is 0 Å². The van der Waals surface area contributed by atoms with Crippen LogP contribution < -0.4 is 26.8 Å². The van der Waals surface area contributed by atoms with Crippen LogP contribution >= 0.6 is 0 Å². The van der Waals surface area contributed by atoms with E-state index in [-0.39, 0.29) is 42.3 Å². The van der Waals surface area contributed by atoms with Crippen molar-refractivity contribution in [2.45, 2.75) is 27.0 Å². The first-order valence-electron chi connectivity index (χ1n) is 9.58. The fourth-order valence-electron chi connectivity index (χ4n) is 2.94. The number of nitrogens with two attached hydrogens (primary N) is 1. The second kappa shape index (κ2) is 9.69. The molecule has 3 N–H and O–H groups in total. The van der Waals surface area contributed by atoms with E-state index >= 15 is 0 Å². The first-order chi connectivity index (χ1) is 15.2. The summed E-state index contributed by atoms with van der Waals surface area (Å²) in [6, 6.07) is 4.64. The second-order valence-corrected chi connectivity index (χ2v) is 7.02. The minimum atomic E-state index is -0.764. The van der Waals surface area contributed by atoms with E-state index < -0.39 is 23.1 Å². The van der Waals surface area contributed by atoms with Crippen molar-refractivity contribution in [3.63, 3.8) is 0 Å². The van der Waals surface area contributed by atoms with Gasteiger partial charge in [-0.25, -0.2) is 18.7 Å². The van der Waals surface area contributed by atoms with E-state index in [0.717, 1.165) is 12.1 Å². The summed E-state index contributed by atoms with van der Waals surface area (Å²) in [6.45, 7) is 2.89. The Morgan fingerprint density at radius 2 is 2.00 bits per heavy atom. The number of nitrogens with zero attached hydrogens (tertiary/aromatic N) is 3.